The first-order chi connectivity index (χ1) is 2.56. The summed E-state index contributed by atoms with van der Waals surface area (Å²) in [7, 11) is -4.59. The molecule has 0 spiro atoms. The summed E-state index contributed by atoms with van der Waals surface area (Å²) in [4.78, 5) is 14.9. The average Bonchev–Trinajstić information content (AvgIpc) is 1.35. The topological polar surface area (TPSA) is 87.0 Å². The number of rotatable bonds is 1. The molecule has 0 fully saturated rings. The van der Waals surface area contributed by atoms with Crippen molar-refractivity contribution in [1.29, 1.82) is 0 Å². The Morgan fingerprint density at radius 3 is 1.57 bits per heavy atom. The molecule has 3 N–H and O–H groups in total. The van der Waals surface area contributed by atoms with Crippen LogP contribution in [0.3, 0.4) is 0 Å². The summed E-state index contributed by atoms with van der Waals surface area (Å²) < 4.78 is 11.8. The number of hydrogen-bond acceptors (Lipinski definition) is 3. The van der Waals surface area contributed by atoms with Crippen molar-refractivity contribution in [3.05, 3.63) is 0 Å². The van der Waals surface area contributed by atoms with Crippen LogP contribution >= 0.6 is 7.82 Å². The monoisotopic (exact) mass is 326 g/mol. The first-order valence-electron chi connectivity index (χ1n) is 0.948. The molecule has 0 rings (SSSR count). The van der Waals surface area contributed by atoms with Crippen LogP contribution in [-0.4, -0.2) is 41.2 Å². The minimum atomic E-state index is -4.59. The van der Waals surface area contributed by atoms with Crippen LogP contribution < -0.4 is 0 Å². The molecular formula is H6BiO5P. The fourth-order valence-electron chi connectivity index (χ4n) is 0. The van der Waals surface area contributed by atoms with Gasteiger partial charge in [-0.25, -0.2) is 9.82 Å². The normalized spacial score (nSPS) is 10.1. The van der Waals surface area contributed by atoms with E-state index in [1.807, 2.05) is 0 Å². The van der Waals surface area contributed by atoms with E-state index < -0.39 is 7.82 Å². The molecule has 46 valence electrons. The Morgan fingerprint density at radius 2 is 1.57 bits per heavy atom. The first-order valence-corrected chi connectivity index (χ1v) is 2.48. The van der Waals surface area contributed by atoms with Gasteiger partial charge in [-0.05, 0) is 0 Å². The van der Waals surface area contributed by atoms with Crippen LogP contribution in [0.25, 0.3) is 0 Å². The SMILES string of the molecule is O=P(O)(O)OO.[BiH3]. The third-order valence-corrected chi connectivity index (χ3v) is 0.319. The van der Waals surface area contributed by atoms with Crippen LogP contribution in [0.15, 0.2) is 0 Å². The van der Waals surface area contributed by atoms with Crippen molar-refractivity contribution in [3.8, 4) is 0 Å². The van der Waals surface area contributed by atoms with Gasteiger partial charge in [-0.1, -0.05) is 0 Å². The van der Waals surface area contributed by atoms with Gasteiger partial charge >= 0.3 is 34.0 Å². The van der Waals surface area contributed by atoms with Crippen LogP contribution in [0.2, 0.25) is 0 Å². The van der Waals surface area contributed by atoms with Crippen LogP contribution in [0.5, 0.6) is 0 Å². The fraction of sp³-hybridized carbons (Fsp3) is 0. The van der Waals surface area contributed by atoms with E-state index in [9.17, 15) is 4.57 Å². The van der Waals surface area contributed by atoms with Crippen molar-refractivity contribution >= 4 is 34.0 Å². The van der Waals surface area contributed by atoms with Crippen LogP contribution in [0.4, 0.5) is 0 Å². The summed E-state index contributed by atoms with van der Waals surface area (Å²) in [6.45, 7) is 0. The molecule has 0 radical (unpaired) electrons. The summed E-state index contributed by atoms with van der Waals surface area (Å²) in [5, 5.41) is 7.14. The fourth-order valence-corrected chi connectivity index (χ4v) is 0. The van der Waals surface area contributed by atoms with Gasteiger partial charge in [0.2, 0.25) is 0 Å². The third-order valence-electron chi connectivity index (χ3n) is 0.106. The van der Waals surface area contributed by atoms with Crippen LogP contribution in [0.1, 0.15) is 0 Å². The van der Waals surface area contributed by atoms with Gasteiger partial charge in [-0.3, -0.25) is 0 Å². The quantitative estimate of drug-likeness (QED) is 0.234. The summed E-state index contributed by atoms with van der Waals surface area (Å²) >= 11 is 0. The Kier molecular flexibility index (Phi) is 6.04. The zero-order valence-corrected chi connectivity index (χ0v) is 9.70. The van der Waals surface area contributed by atoms with E-state index in [1.165, 1.54) is 0 Å². The molecule has 0 aromatic heterocycles. The van der Waals surface area contributed by atoms with Gasteiger partial charge in [0.05, 0.1) is 0 Å². The van der Waals surface area contributed by atoms with Crippen LogP contribution in [0, 0.1) is 0 Å². The molecular weight excluding hydrogens is 320 g/mol. The molecule has 7 heteroatoms. The van der Waals surface area contributed by atoms with Gasteiger partial charge in [0.1, 0.15) is 0 Å². The summed E-state index contributed by atoms with van der Waals surface area (Å²) in [6.07, 6.45) is 0. The molecule has 5 nitrogen and oxygen atoms in total. The number of hydrogen-bond donors (Lipinski definition) is 3. The molecule has 0 atom stereocenters. The van der Waals surface area contributed by atoms with E-state index in [0.29, 0.717) is 0 Å². The van der Waals surface area contributed by atoms with E-state index in [4.69, 9.17) is 15.0 Å². The van der Waals surface area contributed by atoms with E-state index in [-0.39, 0.29) is 26.2 Å². The predicted molar refractivity (Wildman–Crippen MR) is 25.7 cm³/mol. The standard InChI is InChI=1S/Bi.H3O5P.3H/c;1-5-6(2,3)4;;;/h;1H,(H2,2,3,4);;;. The molecule has 0 aromatic rings. The Morgan fingerprint density at radius 1 is 1.43 bits per heavy atom. The molecule has 0 aliphatic rings. The van der Waals surface area contributed by atoms with Crippen molar-refractivity contribution in [1.82, 2.24) is 0 Å². The molecule has 0 amide bonds. The van der Waals surface area contributed by atoms with Crippen molar-refractivity contribution in [2.75, 3.05) is 0 Å². The molecule has 0 aromatic carbocycles. The van der Waals surface area contributed by atoms with Gasteiger partial charge in [-0.15, -0.1) is 4.67 Å². The van der Waals surface area contributed by atoms with Crippen molar-refractivity contribution in [2.24, 2.45) is 0 Å². The molecule has 0 saturated carbocycles. The Labute approximate surface area is 58.6 Å². The maximum absolute atomic E-state index is 9.22. The minimum absolute atomic E-state index is 0. The third kappa shape index (κ3) is 10.9. The van der Waals surface area contributed by atoms with Gasteiger partial charge in [0.25, 0.3) is 0 Å². The maximum atomic E-state index is 9.22. The van der Waals surface area contributed by atoms with Crippen LogP contribution in [-0.2, 0) is 9.24 Å². The van der Waals surface area contributed by atoms with Gasteiger partial charge in [0, 0.05) is 0 Å². The Bertz CT molecular complexity index is 72.1. The first kappa shape index (κ1) is 10.8. The van der Waals surface area contributed by atoms with E-state index in [0.717, 1.165) is 0 Å². The molecule has 0 saturated heterocycles. The molecule has 0 unspecified atom stereocenters. The van der Waals surface area contributed by atoms with Crippen molar-refractivity contribution in [3.63, 3.8) is 0 Å². The second kappa shape index (κ2) is 3.90. The molecule has 0 bridgehead atoms. The van der Waals surface area contributed by atoms with Crippen molar-refractivity contribution < 1.29 is 24.3 Å². The number of phosphoric acid groups is 1. The predicted octanol–water partition coefficient (Wildman–Crippen LogP) is -1.62. The zero-order chi connectivity index (χ0) is 5.21. The van der Waals surface area contributed by atoms with Gasteiger partial charge < -0.3 is 9.79 Å². The summed E-state index contributed by atoms with van der Waals surface area (Å²) in [6, 6.07) is 0. The van der Waals surface area contributed by atoms with Gasteiger partial charge in [-0.2, -0.15) is 0 Å². The summed E-state index contributed by atoms with van der Waals surface area (Å²) in [5.74, 6) is 0. The average molecular weight is 326 g/mol. The zero-order valence-electron chi connectivity index (χ0n) is 3.31. The summed E-state index contributed by atoms with van der Waals surface area (Å²) in [5.41, 5.74) is 0. The second-order valence-corrected chi connectivity index (χ2v) is 1.72. The molecule has 0 heterocycles. The molecule has 0 aliphatic carbocycles. The van der Waals surface area contributed by atoms with E-state index >= 15 is 0 Å². The van der Waals surface area contributed by atoms with E-state index in [2.05, 4.69) is 4.67 Å². The Balaban J connectivity index is 0. The van der Waals surface area contributed by atoms with Crippen molar-refractivity contribution in [2.45, 2.75) is 0 Å². The van der Waals surface area contributed by atoms with E-state index in [1.54, 1.807) is 0 Å². The Hall–Kier alpha value is 0.953. The molecule has 7 heavy (non-hydrogen) atoms. The second-order valence-electron chi connectivity index (χ2n) is 0.572. The molecule has 0 aliphatic heterocycles. The van der Waals surface area contributed by atoms with Gasteiger partial charge in [0.15, 0.2) is 0 Å².